The smallest absolute Gasteiger partial charge is 0.410 e. The van der Waals surface area contributed by atoms with E-state index in [1.54, 1.807) is 62.8 Å². The molecule has 0 spiro atoms. The number of rotatable bonds is 5. The Morgan fingerprint density at radius 1 is 0.614 bits per heavy atom. The summed E-state index contributed by atoms with van der Waals surface area (Å²) in [7, 11) is 6.42. The van der Waals surface area contributed by atoms with E-state index in [0.717, 1.165) is 66.8 Å². The van der Waals surface area contributed by atoms with E-state index < -0.39 is 5.60 Å². The number of ether oxygens (including phenoxy) is 6. The lowest BCUT2D eigenvalue weighted by atomic mass is 10.1. The first-order valence-electron chi connectivity index (χ1n) is 18.2. The third-order valence-electron chi connectivity index (χ3n) is 8.46. The number of piperazine rings is 2. The van der Waals surface area contributed by atoms with Gasteiger partial charge < -0.3 is 48.4 Å². The molecule has 4 heterocycles. The van der Waals surface area contributed by atoms with Crippen LogP contribution in [0.15, 0.2) is 48.8 Å². The van der Waals surface area contributed by atoms with Gasteiger partial charge in [0.15, 0.2) is 23.0 Å². The van der Waals surface area contributed by atoms with E-state index >= 15 is 0 Å². The maximum Gasteiger partial charge on any atom is 0.410 e. The van der Waals surface area contributed by atoms with Crippen LogP contribution in [-0.2, 0) is 9.47 Å². The number of anilines is 1. The SMILES string of the molecule is C.C.CC(C)(C)OC(=O)N1CCNCC1.COc1cc2nccc(Cl)c2cc1OC.COc1cc2nccc(N3CCN(C(=O)OC(C)(C)C)CC3)c2cc1OC. The van der Waals surface area contributed by atoms with Crippen molar-refractivity contribution in [3.63, 3.8) is 0 Å². The highest BCUT2D eigenvalue weighted by molar-refractivity contribution is 6.35. The molecule has 6 rings (SSSR count). The van der Waals surface area contributed by atoms with Crippen LogP contribution in [0.3, 0.4) is 0 Å². The van der Waals surface area contributed by atoms with Gasteiger partial charge in [-0.2, -0.15) is 0 Å². The number of aromatic nitrogens is 2. The van der Waals surface area contributed by atoms with Crippen molar-refractivity contribution in [2.24, 2.45) is 0 Å². The van der Waals surface area contributed by atoms with Crippen molar-refractivity contribution in [1.82, 2.24) is 25.1 Å². The van der Waals surface area contributed by atoms with Crippen molar-refractivity contribution in [2.75, 3.05) is 85.7 Å². The van der Waals surface area contributed by atoms with Crippen molar-refractivity contribution in [3.8, 4) is 23.0 Å². The van der Waals surface area contributed by atoms with Gasteiger partial charge in [0.05, 0.1) is 44.5 Å². The first-order valence-corrected chi connectivity index (χ1v) is 18.5. The number of methoxy groups -OCH3 is 4. The maximum atomic E-state index is 12.3. The molecule has 0 bridgehead atoms. The first kappa shape index (κ1) is 48.2. The third kappa shape index (κ3) is 13.6. The van der Waals surface area contributed by atoms with E-state index in [-0.39, 0.29) is 32.6 Å². The van der Waals surface area contributed by atoms with Crippen LogP contribution in [-0.4, -0.2) is 124 Å². The van der Waals surface area contributed by atoms with E-state index in [0.29, 0.717) is 41.1 Å². The Bertz CT molecular complexity index is 1900. The zero-order chi connectivity index (χ0) is 40.3. The highest BCUT2D eigenvalue weighted by atomic mass is 35.5. The quantitative estimate of drug-likeness (QED) is 0.208. The molecule has 2 fully saturated rings. The second kappa shape index (κ2) is 21.5. The minimum Gasteiger partial charge on any atom is -0.493 e. The average Bonchev–Trinajstić information content (AvgIpc) is 3.16. The standard InChI is InChI=1S/C20H27N3O4.C11H10ClNO2.C9H18N2O2.2CH4/c1-20(2,3)27-19(24)23-10-8-22(9-11-23)16-6-7-21-15-13-18(26-5)17(25-4)12-14(15)16;1-14-10-5-7-8(12)3-4-13-9(7)6-11(10)15-2;1-9(2,3)13-8(12)11-6-4-10-5-7-11;;/h6-7,12-13H,8-11H2,1-5H3;3-6H,1-2H3;10H,4-7H2,1-3H3;2*1H4. The van der Waals surface area contributed by atoms with E-state index in [4.69, 9.17) is 40.0 Å². The lowest BCUT2D eigenvalue weighted by Gasteiger charge is -2.37. The molecule has 2 saturated heterocycles. The number of pyridine rings is 2. The number of halogens is 1. The van der Waals surface area contributed by atoms with Crippen LogP contribution >= 0.6 is 11.6 Å². The predicted molar refractivity (Wildman–Crippen MR) is 229 cm³/mol. The van der Waals surface area contributed by atoms with Gasteiger partial charge in [0.1, 0.15) is 11.2 Å². The second-order valence-electron chi connectivity index (χ2n) is 14.7. The molecule has 2 aliphatic heterocycles. The normalized spacial score (nSPS) is 14.1. The topological polar surface area (TPSA) is 137 Å². The number of carbonyl (C=O) groups is 2. The number of carbonyl (C=O) groups excluding carboxylic acids is 2. The van der Waals surface area contributed by atoms with Gasteiger partial charge in [0.2, 0.25) is 0 Å². The molecule has 0 atom stereocenters. The minimum absolute atomic E-state index is 0. The zero-order valence-electron chi connectivity index (χ0n) is 33.7. The highest BCUT2D eigenvalue weighted by Crippen LogP contribution is 2.36. The number of fused-ring (bicyclic) bond motifs is 2. The molecule has 57 heavy (non-hydrogen) atoms. The summed E-state index contributed by atoms with van der Waals surface area (Å²) in [4.78, 5) is 38.2. The van der Waals surface area contributed by atoms with Crippen LogP contribution in [0, 0.1) is 0 Å². The Hall–Kier alpha value is -4.95. The molecular weight excluding hydrogens is 752 g/mol. The molecule has 1 N–H and O–H groups in total. The fourth-order valence-corrected chi connectivity index (χ4v) is 6.01. The molecule has 0 saturated carbocycles. The number of nitrogens with zero attached hydrogens (tertiary/aromatic N) is 5. The summed E-state index contributed by atoms with van der Waals surface area (Å²) in [6.45, 7) is 17.2. The van der Waals surface area contributed by atoms with Gasteiger partial charge in [-0.15, -0.1) is 0 Å². The molecule has 0 unspecified atom stereocenters. The van der Waals surface area contributed by atoms with Crippen LogP contribution in [0.5, 0.6) is 23.0 Å². The largest absolute Gasteiger partial charge is 0.493 e. The van der Waals surface area contributed by atoms with E-state index in [1.165, 1.54) is 0 Å². The average molecular weight is 815 g/mol. The van der Waals surface area contributed by atoms with Crippen LogP contribution in [0.4, 0.5) is 15.3 Å². The molecule has 2 aromatic carbocycles. The molecular formula is C42H63ClN6O8. The van der Waals surface area contributed by atoms with Gasteiger partial charge in [-0.1, -0.05) is 26.5 Å². The van der Waals surface area contributed by atoms with Gasteiger partial charge in [-0.25, -0.2) is 9.59 Å². The number of hydrogen-bond acceptors (Lipinski definition) is 12. The lowest BCUT2D eigenvalue weighted by molar-refractivity contribution is 0.0223. The van der Waals surface area contributed by atoms with E-state index in [9.17, 15) is 9.59 Å². The second-order valence-corrected chi connectivity index (χ2v) is 15.2. The summed E-state index contributed by atoms with van der Waals surface area (Å²) >= 11 is 6.05. The highest BCUT2D eigenvalue weighted by Gasteiger charge is 2.27. The van der Waals surface area contributed by atoms with Crippen molar-refractivity contribution in [3.05, 3.63) is 53.8 Å². The Kier molecular flexibility index (Phi) is 18.2. The van der Waals surface area contributed by atoms with Crippen molar-refractivity contribution in [2.45, 2.75) is 67.6 Å². The Morgan fingerprint density at radius 2 is 1.02 bits per heavy atom. The molecule has 2 aromatic heterocycles. The zero-order valence-corrected chi connectivity index (χ0v) is 34.4. The lowest BCUT2D eigenvalue weighted by Crippen LogP contribution is -2.50. The molecule has 4 aromatic rings. The molecule has 0 radical (unpaired) electrons. The summed E-state index contributed by atoms with van der Waals surface area (Å²) < 4.78 is 31.9. The number of nitrogens with one attached hydrogen (secondary N) is 1. The Morgan fingerprint density at radius 3 is 1.47 bits per heavy atom. The molecule has 14 nitrogen and oxygen atoms in total. The summed E-state index contributed by atoms with van der Waals surface area (Å²) in [5.74, 6) is 2.63. The van der Waals surface area contributed by atoms with Crippen LogP contribution in [0.2, 0.25) is 5.02 Å². The van der Waals surface area contributed by atoms with E-state index in [2.05, 4.69) is 20.2 Å². The van der Waals surface area contributed by atoms with Gasteiger partial charge in [-0.05, 0) is 65.8 Å². The minimum atomic E-state index is -0.481. The monoisotopic (exact) mass is 814 g/mol. The van der Waals surface area contributed by atoms with Crippen LogP contribution in [0.25, 0.3) is 21.8 Å². The van der Waals surface area contributed by atoms with Gasteiger partial charge in [-0.3, -0.25) is 9.97 Å². The van der Waals surface area contributed by atoms with Gasteiger partial charge in [0, 0.05) is 93.3 Å². The van der Waals surface area contributed by atoms with E-state index in [1.807, 2.05) is 65.8 Å². The summed E-state index contributed by atoms with van der Waals surface area (Å²) in [5, 5.41) is 5.70. The Labute approximate surface area is 343 Å². The van der Waals surface area contributed by atoms with Crippen LogP contribution < -0.4 is 29.2 Å². The summed E-state index contributed by atoms with van der Waals surface area (Å²) in [6, 6.07) is 11.2. The molecule has 0 aliphatic carbocycles. The predicted octanol–water partition coefficient (Wildman–Crippen LogP) is 8.31. The number of benzene rings is 2. The van der Waals surface area contributed by atoms with Crippen molar-refractivity contribution < 1.29 is 38.0 Å². The van der Waals surface area contributed by atoms with Crippen molar-refractivity contribution >= 4 is 51.3 Å². The van der Waals surface area contributed by atoms with Crippen LogP contribution in [0.1, 0.15) is 56.4 Å². The number of hydrogen-bond donors (Lipinski definition) is 1. The Balaban J connectivity index is 0.000000318. The molecule has 15 heteroatoms. The van der Waals surface area contributed by atoms with Gasteiger partial charge >= 0.3 is 12.2 Å². The molecule has 2 amide bonds. The van der Waals surface area contributed by atoms with Crippen molar-refractivity contribution in [1.29, 1.82) is 0 Å². The number of amides is 2. The fourth-order valence-electron chi connectivity index (χ4n) is 5.80. The summed E-state index contributed by atoms with van der Waals surface area (Å²) in [6.07, 6.45) is 3.00. The molecule has 316 valence electrons. The molecule has 2 aliphatic rings. The first-order chi connectivity index (χ1) is 26.1. The summed E-state index contributed by atoms with van der Waals surface area (Å²) in [5.41, 5.74) is 1.84. The fraction of sp³-hybridized carbons (Fsp3) is 0.524. The van der Waals surface area contributed by atoms with Gasteiger partial charge in [0.25, 0.3) is 0 Å². The maximum absolute atomic E-state index is 12.3. The third-order valence-corrected chi connectivity index (χ3v) is 8.79.